The molecule has 1 fully saturated rings. The Morgan fingerprint density at radius 3 is 2.33 bits per heavy atom. The molecule has 1 heterocycles. The molecule has 1 saturated heterocycles. The average Bonchev–Trinajstić information content (AvgIpc) is 3.01. The summed E-state index contributed by atoms with van der Waals surface area (Å²) in [5.41, 5.74) is 1.09. The van der Waals surface area contributed by atoms with Crippen LogP contribution in [0.5, 0.6) is 0 Å². The minimum atomic E-state index is -1.16. The SMILES string of the molecule is CCN(C(=O)c1ccccc1)N1C(=O)C[C@@H](c2ccc(Cl)cc2)[C@@H]1C(=O)O. The van der Waals surface area contributed by atoms with Gasteiger partial charge in [-0.1, -0.05) is 41.9 Å². The molecule has 0 radical (unpaired) electrons. The third-order valence-electron chi connectivity index (χ3n) is 4.66. The second-order valence-electron chi connectivity index (χ2n) is 6.27. The third-order valence-corrected chi connectivity index (χ3v) is 4.91. The summed E-state index contributed by atoms with van der Waals surface area (Å²) in [5, 5.41) is 12.7. The van der Waals surface area contributed by atoms with Gasteiger partial charge in [0.25, 0.3) is 5.91 Å². The minimum absolute atomic E-state index is 0.0111. The zero-order chi connectivity index (χ0) is 19.6. The lowest BCUT2D eigenvalue weighted by molar-refractivity contribution is -0.157. The first kappa shape index (κ1) is 18.9. The molecule has 0 spiro atoms. The molecule has 27 heavy (non-hydrogen) atoms. The van der Waals surface area contributed by atoms with Crippen LogP contribution in [0.15, 0.2) is 54.6 Å². The molecule has 1 aliphatic rings. The number of halogens is 1. The Bertz CT molecular complexity index is 854. The van der Waals surface area contributed by atoms with Gasteiger partial charge < -0.3 is 5.11 Å². The molecule has 0 unspecified atom stereocenters. The van der Waals surface area contributed by atoms with E-state index in [-0.39, 0.29) is 13.0 Å². The molecule has 0 bridgehead atoms. The van der Waals surface area contributed by atoms with Crippen molar-refractivity contribution in [2.75, 3.05) is 6.54 Å². The highest BCUT2D eigenvalue weighted by Gasteiger charge is 2.48. The number of rotatable bonds is 5. The van der Waals surface area contributed by atoms with Crippen molar-refractivity contribution >= 4 is 29.4 Å². The number of aliphatic carboxylic acids is 1. The Kier molecular flexibility index (Phi) is 5.46. The third kappa shape index (κ3) is 3.66. The van der Waals surface area contributed by atoms with Crippen LogP contribution >= 0.6 is 11.6 Å². The number of carbonyl (C=O) groups excluding carboxylic acids is 2. The highest BCUT2D eigenvalue weighted by molar-refractivity contribution is 6.30. The standard InChI is InChI=1S/C20H19ClN2O4/c1-2-22(19(25)14-6-4-3-5-7-14)23-17(24)12-16(18(23)20(26)27)13-8-10-15(21)11-9-13/h3-11,16,18H,2,12H2,1H3,(H,26,27)/t16-,18+/m0/s1. The van der Waals surface area contributed by atoms with E-state index in [4.69, 9.17) is 11.6 Å². The highest BCUT2D eigenvalue weighted by atomic mass is 35.5. The summed E-state index contributed by atoms with van der Waals surface area (Å²) < 4.78 is 0. The van der Waals surface area contributed by atoms with Crippen LogP contribution in [0.3, 0.4) is 0 Å². The Morgan fingerprint density at radius 2 is 1.78 bits per heavy atom. The van der Waals surface area contributed by atoms with Crippen LogP contribution in [0, 0.1) is 0 Å². The molecule has 6 nitrogen and oxygen atoms in total. The van der Waals surface area contributed by atoms with Gasteiger partial charge in [-0.15, -0.1) is 0 Å². The van der Waals surface area contributed by atoms with Gasteiger partial charge in [-0.25, -0.2) is 14.8 Å². The smallest absolute Gasteiger partial charge is 0.329 e. The molecule has 2 aromatic carbocycles. The van der Waals surface area contributed by atoms with Crippen molar-refractivity contribution < 1.29 is 19.5 Å². The monoisotopic (exact) mass is 386 g/mol. The number of hydrazine groups is 1. The molecule has 2 atom stereocenters. The van der Waals surface area contributed by atoms with E-state index >= 15 is 0 Å². The fraction of sp³-hybridized carbons (Fsp3) is 0.250. The Hall–Kier alpha value is -2.86. The summed E-state index contributed by atoms with van der Waals surface area (Å²) in [6.07, 6.45) is 0.0111. The van der Waals surface area contributed by atoms with Crippen molar-refractivity contribution in [2.24, 2.45) is 0 Å². The molecule has 1 N–H and O–H groups in total. The van der Waals surface area contributed by atoms with Crippen molar-refractivity contribution in [1.29, 1.82) is 0 Å². The molecule has 1 aliphatic heterocycles. The van der Waals surface area contributed by atoms with E-state index in [9.17, 15) is 19.5 Å². The quantitative estimate of drug-likeness (QED) is 0.856. The van der Waals surface area contributed by atoms with Crippen molar-refractivity contribution in [3.63, 3.8) is 0 Å². The first-order valence-corrected chi connectivity index (χ1v) is 8.99. The van der Waals surface area contributed by atoms with E-state index in [1.54, 1.807) is 61.5 Å². The number of carboxylic acid groups (broad SMARTS) is 1. The number of amides is 2. The zero-order valence-corrected chi connectivity index (χ0v) is 15.5. The first-order chi connectivity index (χ1) is 12.9. The molecular formula is C20H19ClN2O4. The molecule has 2 amide bonds. The Labute approximate surface area is 161 Å². The van der Waals surface area contributed by atoms with Crippen molar-refractivity contribution in [3.8, 4) is 0 Å². The number of hydrogen-bond donors (Lipinski definition) is 1. The Balaban J connectivity index is 1.97. The van der Waals surface area contributed by atoms with Crippen LogP contribution < -0.4 is 0 Å². The van der Waals surface area contributed by atoms with Crippen LogP contribution in [-0.2, 0) is 9.59 Å². The van der Waals surface area contributed by atoms with Gasteiger partial charge in [0.1, 0.15) is 0 Å². The van der Waals surface area contributed by atoms with E-state index in [2.05, 4.69) is 0 Å². The predicted molar refractivity (Wildman–Crippen MR) is 100 cm³/mol. The minimum Gasteiger partial charge on any atom is -0.480 e. The van der Waals surface area contributed by atoms with Crippen molar-refractivity contribution in [3.05, 3.63) is 70.7 Å². The van der Waals surface area contributed by atoms with Crippen LogP contribution in [0.25, 0.3) is 0 Å². The summed E-state index contributed by atoms with van der Waals surface area (Å²) in [6.45, 7) is 1.89. The van der Waals surface area contributed by atoms with E-state index < -0.39 is 29.7 Å². The molecule has 2 aromatic rings. The second kappa shape index (κ2) is 7.80. The summed E-state index contributed by atoms with van der Waals surface area (Å²) in [7, 11) is 0. The van der Waals surface area contributed by atoms with E-state index in [1.165, 1.54) is 5.01 Å². The fourth-order valence-electron chi connectivity index (χ4n) is 3.41. The van der Waals surface area contributed by atoms with Crippen LogP contribution in [0.4, 0.5) is 0 Å². The number of benzene rings is 2. The van der Waals surface area contributed by atoms with Crippen LogP contribution in [-0.4, -0.2) is 45.5 Å². The first-order valence-electron chi connectivity index (χ1n) is 8.61. The summed E-state index contributed by atoms with van der Waals surface area (Å²) in [6, 6.07) is 14.1. The van der Waals surface area contributed by atoms with Gasteiger partial charge in [-0.05, 0) is 36.8 Å². The van der Waals surface area contributed by atoms with Gasteiger partial charge in [-0.2, -0.15) is 0 Å². The van der Waals surface area contributed by atoms with Crippen LogP contribution in [0.1, 0.15) is 35.2 Å². The van der Waals surface area contributed by atoms with Gasteiger partial charge in [0.15, 0.2) is 6.04 Å². The molecule has 0 aromatic heterocycles. The van der Waals surface area contributed by atoms with Gasteiger partial charge in [0, 0.05) is 29.5 Å². The highest BCUT2D eigenvalue weighted by Crippen LogP contribution is 2.36. The zero-order valence-electron chi connectivity index (χ0n) is 14.7. The second-order valence-corrected chi connectivity index (χ2v) is 6.71. The van der Waals surface area contributed by atoms with Gasteiger partial charge in [0.2, 0.25) is 5.91 Å². The topological polar surface area (TPSA) is 77.9 Å². The average molecular weight is 387 g/mol. The Morgan fingerprint density at radius 1 is 1.15 bits per heavy atom. The van der Waals surface area contributed by atoms with E-state index in [1.807, 2.05) is 0 Å². The normalized spacial score (nSPS) is 19.2. The predicted octanol–water partition coefficient (Wildman–Crippen LogP) is 3.19. The number of nitrogens with zero attached hydrogens (tertiary/aromatic N) is 2. The van der Waals surface area contributed by atoms with E-state index in [0.29, 0.717) is 16.1 Å². The molecule has 0 saturated carbocycles. The van der Waals surface area contributed by atoms with E-state index in [0.717, 1.165) is 5.01 Å². The number of carboxylic acids is 1. The molecular weight excluding hydrogens is 368 g/mol. The van der Waals surface area contributed by atoms with Gasteiger partial charge >= 0.3 is 5.97 Å². The van der Waals surface area contributed by atoms with Crippen molar-refractivity contribution in [1.82, 2.24) is 10.0 Å². The maximum atomic E-state index is 12.9. The molecule has 140 valence electrons. The number of carbonyl (C=O) groups is 3. The summed E-state index contributed by atoms with van der Waals surface area (Å²) in [5.74, 6) is -2.52. The lowest BCUT2D eigenvalue weighted by Gasteiger charge is -2.35. The maximum Gasteiger partial charge on any atom is 0.329 e. The molecule has 7 heteroatoms. The van der Waals surface area contributed by atoms with Crippen LogP contribution in [0.2, 0.25) is 5.02 Å². The molecule has 3 rings (SSSR count). The summed E-state index contributed by atoms with van der Waals surface area (Å²) >= 11 is 5.91. The van der Waals surface area contributed by atoms with Gasteiger partial charge in [0.05, 0.1) is 0 Å². The van der Waals surface area contributed by atoms with Crippen molar-refractivity contribution in [2.45, 2.75) is 25.3 Å². The maximum absolute atomic E-state index is 12.9. The van der Waals surface area contributed by atoms with Gasteiger partial charge in [-0.3, -0.25) is 9.59 Å². The lowest BCUT2D eigenvalue weighted by Crippen LogP contribution is -2.54. The number of hydrogen-bond acceptors (Lipinski definition) is 3. The lowest BCUT2D eigenvalue weighted by atomic mass is 9.92. The molecule has 0 aliphatic carbocycles. The summed E-state index contributed by atoms with van der Waals surface area (Å²) in [4.78, 5) is 37.6. The fourth-order valence-corrected chi connectivity index (χ4v) is 3.54. The largest absolute Gasteiger partial charge is 0.480 e.